The van der Waals surface area contributed by atoms with Crippen LogP contribution in [0.2, 0.25) is 0 Å². The quantitative estimate of drug-likeness (QED) is 0.593. The number of rotatable bonds is 6. The number of hydrogen-bond donors (Lipinski definition) is 3. The minimum Gasteiger partial charge on any atom is -0.393 e. The van der Waals surface area contributed by atoms with Crippen molar-refractivity contribution in [3.8, 4) is 0 Å². The molecule has 3 N–H and O–H groups in total. The molecule has 0 aliphatic heterocycles. The van der Waals surface area contributed by atoms with E-state index in [1.807, 2.05) is 31.3 Å². The van der Waals surface area contributed by atoms with Crippen molar-refractivity contribution < 1.29 is 9.90 Å². The average Bonchev–Trinajstić information content (AvgIpc) is 3.22. The summed E-state index contributed by atoms with van der Waals surface area (Å²) < 4.78 is 1.79. The molecule has 1 fully saturated rings. The Morgan fingerprint density at radius 2 is 2.10 bits per heavy atom. The van der Waals surface area contributed by atoms with E-state index in [9.17, 15) is 9.90 Å². The second-order valence-corrected chi connectivity index (χ2v) is 7.69. The number of aliphatic hydroxyl groups excluding tert-OH is 1. The Balaban J connectivity index is 1.50. The number of hydrogen-bond acceptors (Lipinski definition) is 6. The summed E-state index contributed by atoms with van der Waals surface area (Å²) in [6.07, 6.45) is 8.47. The molecule has 2 aromatic heterocycles. The predicted molar refractivity (Wildman–Crippen MR) is 111 cm³/mol. The number of aliphatic hydroxyl groups is 1. The summed E-state index contributed by atoms with van der Waals surface area (Å²) >= 11 is 0. The van der Waals surface area contributed by atoms with Crippen molar-refractivity contribution >= 4 is 22.8 Å². The normalized spacial score (nSPS) is 20.3. The van der Waals surface area contributed by atoms with Crippen LogP contribution in [0.1, 0.15) is 43.0 Å². The van der Waals surface area contributed by atoms with Crippen LogP contribution >= 0.6 is 0 Å². The third-order valence-electron chi connectivity index (χ3n) is 5.28. The maximum atomic E-state index is 12.9. The molecule has 1 aromatic carbocycles. The summed E-state index contributed by atoms with van der Waals surface area (Å²) in [4.78, 5) is 21.9. The van der Waals surface area contributed by atoms with E-state index in [-0.39, 0.29) is 24.1 Å². The van der Waals surface area contributed by atoms with Crippen LogP contribution in [-0.2, 0) is 6.54 Å². The van der Waals surface area contributed by atoms with Crippen LogP contribution < -0.4 is 10.6 Å². The third-order valence-corrected chi connectivity index (χ3v) is 5.28. The molecule has 2 heterocycles. The second-order valence-electron chi connectivity index (χ2n) is 7.69. The summed E-state index contributed by atoms with van der Waals surface area (Å²) in [5.41, 5.74) is 1.16. The molecule has 0 spiro atoms. The topological polar surface area (TPSA) is 105 Å². The lowest BCUT2D eigenvalue weighted by atomic mass is 9.93. The van der Waals surface area contributed by atoms with Crippen molar-refractivity contribution in [1.82, 2.24) is 25.1 Å². The van der Waals surface area contributed by atoms with E-state index in [4.69, 9.17) is 0 Å². The van der Waals surface area contributed by atoms with E-state index < -0.39 is 0 Å². The highest BCUT2D eigenvalue weighted by Crippen LogP contribution is 2.23. The van der Waals surface area contributed by atoms with Gasteiger partial charge in [0.25, 0.3) is 5.91 Å². The molecule has 0 radical (unpaired) electrons. The Kier molecular flexibility index (Phi) is 5.71. The van der Waals surface area contributed by atoms with Crippen LogP contribution in [0.3, 0.4) is 0 Å². The third kappa shape index (κ3) is 4.71. The molecule has 29 heavy (non-hydrogen) atoms. The summed E-state index contributed by atoms with van der Waals surface area (Å²) in [7, 11) is 0. The van der Waals surface area contributed by atoms with Gasteiger partial charge in [0, 0.05) is 36.1 Å². The van der Waals surface area contributed by atoms with Crippen molar-refractivity contribution in [2.75, 3.05) is 5.32 Å². The first-order valence-electron chi connectivity index (χ1n) is 10.1. The van der Waals surface area contributed by atoms with E-state index in [1.54, 1.807) is 23.1 Å². The lowest BCUT2D eigenvalue weighted by Crippen LogP contribution is -2.36. The lowest BCUT2D eigenvalue weighted by molar-refractivity contribution is 0.0937. The first-order chi connectivity index (χ1) is 14.1. The van der Waals surface area contributed by atoms with Gasteiger partial charge in [-0.3, -0.25) is 9.48 Å². The number of nitrogens with zero attached hydrogens (tertiary/aromatic N) is 4. The van der Waals surface area contributed by atoms with Crippen LogP contribution in [0.15, 0.2) is 42.9 Å². The van der Waals surface area contributed by atoms with Gasteiger partial charge in [0.05, 0.1) is 23.7 Å². The lowest BCUT2D eigenvalue weighted by Gasteiger charge is -2.26. The Labute approximate surface area is 169 Å². The minimum atomic E-state index is -0.204. The molecule has 0 bridgehead atoms. The van der Waals surface area contributed by atoms with Gasteiger partial charge in [-0.1, -0.05) is 12.1 Å². The van der Waals surface area contributed by atoms with E-state index in [1.165, 1.54) is 0 Å². The summed E-state index contributed by atoms with van der Waals surface area (Å²) in [5, 5.41) is 21.1. The molecule has 1 saturated carbocycles. The number of para-hydroxylation sites is 1. The number of benzene rings is 1. The molecular formula is C21H26N6O2. The molecule has 8 nitrogen and oxygen atoms in total. The SMILES string of the molecule is CC(Cn1cccn1)NC(=O)c1cccc2cnc(NC3CCC(O)CC3)nc12. The van der Waals surface area contributed by atoms with Gasteiger partial charge in [0.15, 0.2) is 0 Å². The maximum Gasteiger partial charge on any atom is 0.253 e. The number of amides is 1. The van der Waals surface area contributed by atoms with Crippen molar-refractivity contribution in [2.45, 2.75) is 57.3 Å². The van der Waals surface area contributed by atoms with Crippen molar-refractivity contribution in [1.29, 1.82) is 0 Å². The van der Waals surface area contributed by atoms with Gasteiger partial charge in [0.2, 0.25) is 5.95 Å². The first-order valence-corrected chi connectivity index (χ1v) is 10.1. The second kappa shape index (κ2) is 8.57. The fraction of sp³-hybridized carbons (Fsp3) is 0.429. The Hall–Kier alpha value is -3.00. The van der Waals surface area contributed by atoms with E-state index >= 15 is 0 Å². The zero-order valence-electron chi connectivity index (χ0n) is 16.5. The molecule has 0 saturated heterocycles. The summed E-state index contributed by atoms with van der Waals surface area (Å²) in [6.45, 7) is 2.54. The molecule has 8 heteroatoms. The molecule has 1 aliphatic rings. The highest BCUT2D eigenvalue weighted by atomic mass is 16.3. The first kappa shape index (κ1) is 19.3. The average molecular weight is 394 g/mol. The van der Waals surface area contributed by atoms with Gasteiger partial charge in [-0.25, -0.2) is 9.97 Å². The van der Waals surface area contributed by atoms with Gasteiger partial charge in [0.1, 0.15) is 0 Å². The van der Waals surface area contributed by atoms with E-state index in [2.05, 4.69) is 25.7 Å². The largest absolute Gasteiger partial charge is 0.393 e. The van der Waals surface area contributed by atoms with Crippen molar-refractivity contribution in [3.05, 3.63) is 48.4 Å². The maximum absolute atomic E-state index is 12.9. The molecular weight excluding hydrogens is 368 g/mol. The fourth-order valence-corrected chi connectivity index (χ4v) is 3.75. The summed E-state index contributed by atoms with van der Waals surface area (Å²) in [5.74, 6) is 0.351. The number of aromatic nitrogens is 4. The van der Waals surface area contributed by atoms with Crippen LogP contribution in [0.5, 0.6) is 0 Å². The molecule has 1 atom stereocenters. The number of nitrogens with one attached hydrogen (secondary N) is 2. The van der Waals surface area contributed by atoms with Gasteiger partial charge in [-0.2, -0.15) is 5.10 Å². The molecule has 1 amide bonds. The van der Waals surface area contributed by atoms with Gasteiger partial charge >= 0.3 is 0 Å². The fourth-order valence-electron chi connectivity index (χ4n) is 3.75. The Morgan fingerprint density at radius 1 is 1.28 bits per heavy atom. The monoisotopic (exact) mass is 394 g/mol. The smallest absolute Gasteiger partial charge is 0.253 e. The molecule has 1 unspecified atom stereocenters. The van der Waals surface area contributed by atoms with Crippen LogP contribution in [0.4, 0.5) is 5.95 Å². The molecule has 4 rings (SSSR count). The molecule has 152 valence electrons. The highest BCUT2D eigenvalue weighted by Gasteiger charge is 2.20. The van der Waals surface area contributed by atoms with Crippen LogP contribution in [-0.4, -0.2) is 48.9 Å². The van der Waals surface area contributed by atoms with Gasteiger partial charge < -0.3 is 15.7 Å². The summed E-state index contributed by atoms with van der Waals surface area (Å²) in [6, 6.07) is 7.55. The van der Waals surface area contributed by atoms with Gasteiger partial charge in [-0.15, -0.1) is 0 Å². The highest BCUT2D eigenvalue weighted by molar-refractivity contribution is 6.05. The number of carbonyl (C=O) groups excluding carboxylic acids is 1. The zero-order valence-corrected chi connectivity index (χ0v) is 16.5. The van der Waals surface area contributed by atoms with Crippen LogP contribution in [0.25, 0.3) is 10.9 Å². The van der Waals surface area contributed by atoms with E-state index in [0.717, 1.165) is 31.1 Å². The van der Waals surface area contributed by atoms with E-state index in [0.29, 0.717) is 23.6 Å². The van der Waals surface area contributed by atoms with Crippen LogP contribution in [0, 0.1) is 0 Å². The molecule has 3 aromatic rings. The Bertz CT molecular complexity index is 966. The van der Waals surface area contributed by atoms with Crippen molar-refractivity contribution in [3.63, 3.8) is 0 Å². The Morgan fingerprint density at radius 3 is 2.86 bits per heavy atom. The van der Waals surface area contributed by atoms with Gasteiger partial charge in [-0.05, 0) is 44.7 Å². The standard InChI is InChI=1S/C21H26N6O2/c1-14(13-27-11-3-10-23-27)24-20(29)18-5-2-4-15-12-22-21(26-19(15)18)25-16-6-8-17(28)9-7-16/h2-5,10-12,14,16-17,28H,6-9,13H2,1H3,(H,24,29)(H,22,25,26). The number of fused-ring (bicyclic) bond motifs is 1. The number of carbonyl (C=O) groups is 1. The minimum absolute atomic E-state index is 0.0780. The zero-order chi connectivity index (χ0) is 20.2. The molecule has 1 aliphatic carbocycles. The predicted octanol–water partition coefficient (Wildman–Crippen LogP) is 2.36. The number of anilines is 1. The van der Waals surface area contributed by atoms with Crippen molar-refractivity contribution in [2.24, 2.45) is 0 Å².